The molecule has 3 aromatic rings. The first kappa shape index (κ1) is 24.4. The molecule has 0 spiro atoms. The van der Waals surface area contributed by atoms with Crippen LogP contribution in [0.25, 0.3) is 22.3 Å². The van der Waals surface area contributed by atoms with Gasteiger partial charge >= 0.3 is 0 Å². The smallest absolute Gasteiger partial charge is 0.167 e. The van der Waals surface area contributed by atoms with Crippen LogP contribution >= 0.6 is 0 Å². The van der Waals surface area contributed by atoms with E-state index < -0.39 is 11.6 Å². The van der Waals surface area contributed by atoms with Crippen LogP contribution in [0.1, 0.15) is 63.9 Å². The molecular weight excluding hydrogens is 426 g/mol. The Balaban J connectivity index is 1.28. The van der Waals surface area contributed by atoms with Crippen molar-refractivity contribution in [1.82, 2.24) is 0 Å². The Kier molecular flexibility index (Phi) is 8.37. The summed E-state index contributed by atoms with van der Waals surface area (Å²) in [5.74, 6) is 0.988. The zero-order valence-corrected chi connectivity index (χ0v) is 20.5. The molecule has 0 heterocycles. The maximum atomic E-state index is 14.9. The normalized spacial score (nSPS) is 18.1. The topological polar surface area (TPSA) is 9.23 Å². The number of aryl methyl sites for hydroxylation is 1. The summed E-state index contributed by atoms with van der Waals surface area (Å²) >= 11 is 0. The quantitative estimate of drug-likeness (QED) is 0.288. The van der Waals surface area contributed by atoms with E-state index in [0.717, 1.165) is 29.6 Å². The molecule has 0 bridgehead atoms. The molecule has 0 radical (unpaired) electrons. The Morgan fingerprint density at radius 3 is 1.79 bits per heavy atom. The molecule has 1 fully saturated rings. The van der Waals surface area contributed by atoms with Crippen molar-refractivity contribution in [2.24, 2.45) is 11.8 Å². The van der Waals surface area contributed by atoms with E-state index in [9.17, 15) is 8.78 Å². The SMILES string of the molecule is CCC1CCC(CCCCOc2ccc(-c3ccc(-c4ccc(C)cc4)c(F)c3F)cc2)CC1. The molecule has 0 unspecified atom stereocenters. The highest BCUT2D eigenvalue weighted by Gasteiger charge is 2.19. The molecule has 0 amide bonds. The fourth-order valence-electron chi connectivity index (χ4n) is 5.11. The lowest BCUT2D eigenvalue weighted by atomic mass is 9.79. The predicted molar refractivity (Wildman–Crippen MR) is 137 cm³/mol. The highest BCUT2D eigenvalue weighted by Crippen LogP contribution is 2.34. The molecule has 0 N–H and O–H groups in total. The predicted octanol–water partition coefficient (Wildman–Crippen LogP) is 9.37. The summed E-state index contributed by atoms with van der Waals surface area (Å²) in [5, 5.41) is 0. The molecule has 0 atom stereocenters. The number of hydrogen-bond donors (Lipinski definition) is 0. The minimum absolute atomic E-state index is 0.262. The van der Waals surface area contributed by atoms with Gasteiger partial charge in [-0.2, -0.15) is 0 Å². The Labute approximate surface area is 203 Å². The van der Waals surface area contributed by atoms with Crippen LogP contribution in [0.3, 0.4) is 0 Å². The summed E-state index contributed by atoms with van der Waals surface area (Å²) in [6.45, 7) is 4.97. The summed E-state index contributed by atoms with van der Waals surface area (Å²) in [6, 6.07) is 18.0. The van der Waals surface area contributed by atoms with Crippen molar-refractivity contribution in [3.05, 3.63) is 77.9 Å². The molecule has 1 aliphatic carbocycles. The van der Waals surface area contributed by atoms with Crippen molar-refractivity contribution < 1.29 is 13.5 Å². The first-order valence-corrected chi connectivity index (χ1v) is 12.8. The minimum Gasteiger partial charge on any atom is -0.494 e. The van der Waals surface area contributed by atoms with Crippen LogP contribution < -0.4 is 4.74 Å². The number of ether oxygens (including phenoxy) is 1. The second kappa shape index (κ2) is 11.6. The highest BCUT2D eigenvalue weighted by molar-refractivity contribution is 5.72. The van der Waals surface area contributed by atoms with Gasteiger partial charge in [0, 0.05) is 11.1 Å². The Bertz CT molecular complexity index is 1050. The van der Waals surface area contributed by atoms with E-state index >= 15 is 0 Å². The second-order valence-electron chi connectivity index (χ2n) is 9.82. The van der Waals surface area contributed by atoms with Crippen LogP contribution in [-0.4, -0.2) is 6.61 Å². The third kappa shape index (κ3) is 6.05. The first-order chi connectivity index (χ1) is 16.5. The lowest BCUT2D eigenvalue weighted by Crippen LogP contribution is -2.14. The van der Waals surface area contributed by atoms with Crippen molar-refractivity contribution in [2.75, 3.05) is 6.61 Å². The Hall–Kier alpha value is -2.68. The lowest BCUT2D eigenvalue weighted by Gasteiger charge is -2.27. The number of halogens is 2. The molecule has 34 heavy (non-hydrogen) atoms. The molecule has 0 aromatic heterocycles. The molecule has 1 aliphatic rings. The average Bonchev–Trinajstić information content (AvgIpc) is 2.87. The van der Waals surface area contributed by atoms with Crippen molar-refractivity contribution in [3.8, 4) is 28.0 Å². The highest BCUT2D eigenvalue weighted by atomic mass is 19.2. The molecule has 0 aliphatic heterocycles. The summed E-state index contributed by atoms with van der Waals surface area (Å²) in [5.41, 5.74) is 2.93. The number of benzene rings is 3. The molecule has 1 saturated carbocycles. The zero-order chi connectivity index (χ0) is 23.9. The third-order valence-electron chi connectivity index (χ3n) is 7.43. The third-order valence-corrected chi connectivity index (χ3v) is 7.43. The Morgan fingerprint density at radius 2 is 1.24 bits per heavy atom. The van der Waals surface area contributed by atoms with Gasteiger partial charge in [0.05, 0.1) is 6.61 Å². The van der Waals surface area contributed by atoms with Crippen molar-refractivity contribution >= 4 is 0 Å². The van der Waals surface area contributed by atoms with Gasteiger partial charge in [-0.05, 0) is 54.9 Å². The molecule has 3 aromatic carbocycles. The maximum absolute atomic E-state index is 14.9. The monoisotopic (exact) mass is 462 g/mol. The van der Waals surface area contributed by atoms with Crippen molar-refractivity contribution in [3.63, 3.8) is 0 Å². The van der Waals surface area contributed by atoms with Crippen molar-refractivity contribution in [1.29, 1.82) is 0 Å². The number of hydrogen-bond acceptors (Lipinski definition) is 1. The van der Waals surface area contributed by atoms with E-state index in [1.807, 2.05) is 43.3 Å². The van der Waals surface area contributed by atoms with Crippen LogP contribution in [0.4, 0.5) is 8.78 Å². The molecular formula is C31H36F2O. The maximum Gasteiger partial charge on any atom is 0.167 e. The van der Waals surface area contributed by atoms with E-state index in [4.69, 9.17) is 4.74 Å². The van der Waals surface area contributed by atoms with Gasteiger partial charge in [0.15, 0.2) is 11.6 Å². The van der Waals surface area contributed by atoms with Gasteiger partial charge in [0.2, 0.25) is 0 Å². The number of unbranched alkanes of at least 4 members (excludes halogenated alkanes) is 1. The van der Waals surface area contributed by atoms with Crippen LogP contribution in [0, 0.1) is 30.4 Å². The molecule has 3 heteroatoms. The van der Waals surface area contributed by atoms with Crippen LogP contribution in [0.5, 0.6) is 5.75 Å². The molecule has 1 nitrogen and oxygen atoms in total. The minimum atomic E-state index is -0.820. The zero-order valence-electron chi connectivity index (χ0n) is 20.5. The second-order valence-corrected chi connectivity index (χ2v) is 9.82. The lowest BCUT2D eigenvalue weighted by molar-refractivity contribution is 0.244. The van der Waals surface area contributed by atoms with Gasteiger partial charge in [-0.25, -0.2) is 8.78 Å². The van der Waals surface area contributed by atoms with Crippen molar-refractivity contribution in [2.45, 2.75) is 65.2 Å². The van der Waals surface area contributed by atoms with Gasteiger partial charge in [-0.1, -0.05) is 99.5 Å². The summed E-state index contributed by atoms with van der Waals surface area (Å²) in [7, 11) is 0. The van der Waals surface area contributed by atoms with Gasteiger partial charge in [0.25, 0.3) is 0 Å². The van der Waals surface area contributed by atoms with Crippen LogP contribution in [0.2, 0.25) is 0 Å². The van der Waals surface area contributed by atoms with E-state index in [0.29, 0.717) is 17.7 Å². The standard InChI is InChI=1S/C31H36F2O/c1-3-23-9-11-24(12-10-23)6-4-5-21-34-27-17-15-26(16-18-27)29-20-19-28(30(32)31(29)33)25-13-7-22(2)8-14-25/h7-8,13-20,23-24H,3-6,9-12,21H2,1-2H3. The van der Waals surface area contributed by atoms with E-state index in [2.05, 4.69) is 6.92 Å². The van der Waals surface area contributed by atoms with Gasteiger partial charge in [-0.3, -0.25) is 0 Å². The molecule has 180 valence electrons. The summed E-state index contributed by atoms with van der Waals surface area (Å²) in [4.78, 5) is 0. The number of rotatable bonds is 9. The molecule has 4 rings (SSSR count). The first-order valence-electron chi connectivity index (χ1n) is 12.8. The largest absolute Gasteiger partial charge is 0.494 e. The van der Waals surface area contributed by atoms with Crippen LogP contribution in [-0.2, 0) is 0 Å². The van der Waals surface area contributed by atoms with Gasteiger partial charge in [0.1, 0.15) is 5.75 Å². The van der Waals surface area contributed by atoms with Crippen LogP contribution in [0.15, 0.2) is 60.7 Å². The van der Waals surface area contributed by atoms with E-state index in [-0.39, 0.29) is 11.1 Å². The van der Waals surface area contributed by atoms with E-state index in [1.54, 1.807) is 24.3 Å². The van der Waals surface area contributed by atoms with Gasteiger partial charge in [-0.15, -0.1) is 0 Å². The van der Waals surface area contributed by atoms with Gasteiger partial charge < -0.3 is 4.74 Å². The fourth-order valence-corrected chi connectivity index (χ4v) is 5.11. The molecule has 0 saturated heterocycles. The summed E-state index contributed by atoms with van der Waals surface area (Å²) in [6.07, 6.45) is 10.5. The van der Waals surface area contributed by atoms with E-state index in [1.165, 1.54) is 44.9 Å². The fraction of sp³-hybridized carbons (Fsp3) is 0.419. The average molecular weight is 463 g/mol. The summed E-state index contributed by atoms with van der Waals surface area (Å²) < 4.78 is 35.6. The Morgan fingerprint density at radius 1 is 0.706 bits per heavy atom.